The standard InChI is InChI=1S/C18H25FN4O2S3/c1-20-18(22-12-14-6-7-16(19)11-15(14)13-26-3)21-8-9-23(2)28(24,25)17-5-4-10-27-17/h4-7,10-11H,8-9,12-13H2,1-3H3,(H2,20,21,22). The van der Waals surface area contributed by atoms with Crippen LogP contribution in [0.4, 0.5) is 4.39 Å². The van der Waals surface area contributed by atoms with E-state index in [2.05, 4.69) is 15.6 Å². The number of nitrogens with one attached hydrogen (secondary N) is 2. The van der Waals surface area contributed by atoms with Gasteiger partial charge in [0.05, 0.1) is 0 Å². The van der Waals surface area contributed by atoms with Crippen molar-refractivity contribution in [2.75, 3.05) is 33.4 Å². The first-order chi connectivity index (χ1) is 13.4. The van der Waals surface area contributed by atoms with Crippen molar-refractivity contribution in [1.29, 1.82) is 0 Å². The van der Waals surface area contributed by atoms with E-state index in [0.717, 1.165) is 16.9 Å². The van der Waals surface area contributed by atoms with E-state index in [4.69, 9.17) is 0 Å². The molecule has 0 spiro atoms. The van der Waals surface area contributed by atoms with Gasteiger partial charge >= 0.3 is 0 Å². The Labute approximate surface area is 174 Å². The highest BCUT2D eigenvalue weighted by molar-refractivity contribution is 7.97. The molecule has 0 aliphatic heterocycles. The van der Waals surface area contributed by atoms with Crippen molar-refractivity contribution in [2.24, 2.45) is 4.99 Å². The van der Waals surface area contributed by atoms with E-state index >= 15 is 0 Å². The van der Waals surface area contributed by atoms with Gasteiger partial charge in [-0.05, 0) is 41.0 Å². The lowest BCUT2D eigenvalue weighted by Gasteiger charge is -2.18. The number of halogens is 1. The molecule has 0 saturated heterocycles. The first kappa shape index (κ1) is 22.7. The number of benzene rings is 1. The Balaban J connectivity index is 1.87. The molecular weight excluding hydrogens is 419 g/mol. The number of sulfonamides is 1. The summed E-state index contributed by atoms with van der Waals surface area (Å²) in [5, 5.41) is 8.03. The van der Waals surface area contributed by atoms with Gasteiger partial charge in [-0.3, -0.25) is 4.99 Å². The van der Waals surface area contributed by atoms with E-state index in [0.29, 0.717) is 29.8 Å². The number of hydrogen-bond acceptors (Lipinski definition) is 5. The summed E-state index contributed by atoms with van der Waals surface area (Å²) in [5.74, 6) is 1.04. The molecule has 0 atom stereocenters. The van der Waals surface area contributed by atoms with Crippen LogP contribution in [-0.2, 0) is 22.3 Å². The average Bonchev–Trinajstić information content (AvgIpc) is 3.21. The lowest BCUT2D eigenvalue weighted by atomic mass is 10.1. The zero-order valence-electron chi connectivity index (χ0n) is 16.1. The Kier molecular flexibility index (Phi) is 8.74. The van der Waals surface area contributed by atoms with Crippen molar-refractivity contribution in [3.8, 4) is 0 Å². The van der Waals surface area contributed by atoms with Crippen LogP contribution in [0.5, 0.6) is 0 Å². The van der Waals surface area contributed by atoms with Crippen molar-refractivity contribution in [3.05, 3.63) is 52.7 Å². The van der Waals surface area contributed by atoms with Gasteiger partial charge in [0, 0.05) is 39.5 Å². The van der Waals surface area contributed by atoms with Gasteiger partial charge in [-0.2, -0.15) is 16.1 Å². The van der Waals surface area contributed by atoms with Crippen LogP contribution in [-0.4, -0.2) is 52.1 Å². The number of hydrogen-bond donors (Lipinski definition) is 2. The molecule has 0 saturated carbocycles. The zero-order chi connectivity index (χ0) is 20.6. The van der Waals surface area contributed by atoms with Crippen LogP contribution in [0.15, 0.2) is 44.9 Å². The van der Waals surface area contributed by atoms with Gasteiger partial charge in [0.1, 0.15) is 10.0 Å². The van der Waals surface area contributed by atoms with Crippen molar-refractivity contribution in [1.82, 2.24) is 14.9 Å². The zero-order valence-corrected chi connectivity index (χ0v) is 18.6. The molecule has 1 aromatic heterocycles. The van der Waals surface area contributed by atoms with E-state index in [1.165, 1.54) is 21.7 Å². The molecule has 154 valence electrons. The molecule has 0 unspecified atom stereocenters. The summed E-state index contributed by atoms with van der Waals surface area (Å²) in [6, 6.07) is 8.08. The molecule has 6 nitrogen and oxygen atoms in total. The SMILES string of the molecule is CN=C(NCCN(C)S(=O)(=O)c1cccs1)NCc1ccc(F)cc1CSC. The van der Waals surface area contributed by atoms with Crippen molar-refractivity contribution in [2.45, 2.75) is 16.5 Å². The van der Waals surface area contributed by atoms with Gasteiger partial charge in [0.15, 0.2) is 5.96 Å². The number of likely N-dealkylation sites (N-methyl/N-ethyl adjacent to an activating group) is 1. The van der Waals surface area contributed by atoms with Gasteiger partial charge in [0.25, 0.3) is 10.0 Å². The van der Waals surface area contributed by atoms with Crippen LogP contribution < -0.4 is 10.6 Å². The number of nitrogens with zero attached hydrogens (tertiary/aromatic N) is 2. The molecule has 0 bridgehead atoms. The van der Waals surface area contributed by atoms with E-state index in [9.17, 15) is 12.8 Å². The normalized spacial score (nSPS) is 12.4. The fraction of sp³-hybridized carbons (Fsp3) is 0.389. The fourth-order valence-electron chi connectivity index (χ4n) is 2.47. The second-order valence-electron chi connectivity index (χ2n) is 5.96. The quantitative estimate of drug-likeness (QED) is 0.460. The minimum atomic E-state index is -3.46. The molecule has 2 N–H and O–H groups in total. The molecule has 0 aliphatic rings. The fourth-order valence-corrected chi connectivity index (χ4v) is 5.42. The summed E-state index contributed by atoms with van der Waals surface area (Å²) >= 11 is 2.83. The van der Waals surface area contributed by atoms with Crippen molar-refractivity contribution >= 4 is 39.1 Å². The van der Waals surface area contributed by atoms with Crippen LogP contribution in [0, 0.1) is 5.82 Å². The maximum Gasteiger partial charge on any atom is 0.252 e. The van der Waals surface area contributed by atoms with Crippen molar-refractivity contribution in [3.63, 3.8) is 0 Å². The lowest BCUT2D eigenvalue weighted by molar-refractivity contribution is 0.471. The monoisotopic (exact) mass is 444 g/mol. The highest BCUT2D eigenvalue weighted by Gasteiger charge is 2.21. The molecule has 0 radical (unpaired) electrons. The Morgan fingerprint density at radius 2 is 2.07 bits per heavy atom. The molecule has 0 amide bonds. The van der Waals surface area contributed by atoms with Crippen molar-refractivity contribution < 1.29 is 12.8 Å². The van der Waals surface area contributed by atoms with Crippen LogP contribution in [0.2, 0.25) is 0 Å². The van der Waals surface area contributed by atoms with E-state index < -0.39 is 10.0 Å². The van der Waals surface area contributed by atoms with E-state index in [1.54, 1.807) is 55.5 Å². The summed E-state index contributed by atoms with van der Waals surface area (Å²) in [5.41, 5.74) is 1.94. The summed E-state index contributed by atoms with van der Waals surface area (Å²) in [6.07, 6.45) is 1.98. The molecule has 0 fully saturated rings. The second kappa shape index (κ2) is 10.8. The summed E-state index contributed by atoms with van der Waals surface area (Å²) in [7, 11) is -0.254. The van der Waals surface area contributed by atoms with Gasteiger partial charge < -0.3 is 10.6 Å². The topological polar surface area (TPSA) is 73.8 Å². The highest BCUT2D eigenvalue weighted by atomic mass is 32.2. The summed E-state index contributed by atoms with van der Waals surface area (Å²) < 4.78 is 39.9. The second-order valence-corrected chi connectivity index (χ2v) is 10.0. The third-order valence-corrected chi connectivity index (χ3v) is 7.85. The first-order valence-electron chi connectivity index (χ1n) is 8.59. The average molecular weight is 445 g/mol. The van der Waals surface area contributed by atoms with Crippen LogP contribution in [0.1, 0.15) is 11.1 Å². The largest absolute Gasteiger partial charge is 0.355 e. The third-order valence-electron chi connectivity index (χ3n) is 4.02. The van der Waals surface area contributed by atoms with E-state index in [-0.39, 0.29) is 5.82 Å². The maximum atomic E-state index is 13.5. The third kappa shape index (κ3) is 6.20. The molecule has 10 heteroatoms. The first-order valence-corrected chi connectivity index (χ1v) is 12.3. The number of aliphatic imine (C=N–C) groups is 1. The molecule has 1 aromatic carbocycles. The number of rotatable bonds is 9. The Bertz CT molecular complexity index is 886. The molecule has 2 aromatic rings. The Hall–Kier alpha value is -1.62. The summed E-state index contributed by atoms with van der Waals surface area (Å²) in [4.78, 5) is 4.15. The Morgan fingerprint density at radius 1 is 1.29 bits per heavy atom. The van der Waals surface area contributed by atoms with Crippen LogP contribution in [0.25, 0.3) is 0 Å². The van der Waals surface area contributed by atoms with Crippen LogP contribution >= 0.6 is 23.1 Å². The number of thioether (sulfide) groups is 1. The molecular formula is C18H25FN4O2S3. The lowest BCUT2D eigenvalue weighted by Crippen LogP contribution is -2.41. The molecule has 2 rings (SSSR count). The molecule has 1 heterocycles. The predicted molar refractivity (Wildman–Crippen MR) is 116 cm³/mol. The van der Waals surface area contributed by atoms with Gasteiger partial charge in [-0.25, -0.2) is 12.8 Å². The Morgan fingerprint density at radius 3 is 2.71 bits per heavy atom. The number of guanidine groups is 1. The summed E-state index contributed by atoms with van der Waals surface area (Å²) in [6.45, 7) is 1.20. The highest BCUT2D eigenvalue weighted by Crippen LogP contribution is 2.19. The van der Waals surface area contributed by atoms with E-state index in [1.807, 2.05) is 6.26 Å². The minimum absolute atomic E-state index is 0.245. The minimum Gasteiger partial charge on any atom is -0.355 e. The van der Waals surface area contributed by atoms with Crippen LogP contribution in [0.3, 0.4) is 0 Å². The maximum absolute atomic E-state index is 13.5. The smallest absolute Gasteiger partial charge is 0.252 e. The van der Waals surface area contributed by atoms with Gasteiger partial charge in [-0.15, -0.1) is 11.3 Å². The molecule has 0 aliphatic carbocycles. The number of thiophene rings is 1. The predicted octanol–water partition coefficient (Wildman–Crippen LogP) is 2.74. The van der Waals surface area contributed by atoms with Gasteiger partial charge in [0.2, 0.25) is 0 Å². The van der Waals surface area contributed by atoms with Gasteiger partial charge in [-0.1, -0.05) is 12.1 Å². The molecule has 28 heavy (non-hydrogen) atoms.